The Bertz CT molecular complexity index is 1560. The molecule has 0 spiro atoms. The van der Waals surface area contributed by atoms with E-state index in [-0.39, 0.29) is 34.1 Å². The Kier molecular flexibility index (Phi) is 11.3. The molecule has 0 aromatic heterocycles. The van der Waals surface area contributed by atoms with Gasteiger partial charge < -0.3 is 15.0 Å². The van der Waals surface area contributed by atoms with Gasteiger partial charge in [-0.05, 0) is 69.0 Å². The van der Waals surface area contributed by atoms with Crippen LogP contribution in [0.3, 0.4) is 0 Å². The van der Waals surface area contributed by atoms with E-state index >= 15 is 0 Å². The number of carbonyl (C=O) groups is 2. The van der Waals surface area contributed by atoms with Gasteiger partial charge in [-0.25, -0.2) is 8.42 Å². The average molecular weight is 640 g/mol. The van der Waals surface area contributed by atoms with Crippen molar-refractivity contribution in [1.82, 2.24) is 10.2 Å². The number of nitrogens with zero attached hydrogens (tertiary/aromatic N) is 2. The van der Waals surface area contributed by atoms with Crippen molar-refractivity contribution in [2.45, 2.75) is 82.8 Å². The summed E-state index contributed by atoms with van der Waals surface area (Å²) in [6.07, 6.45) is 5.47. The minimum atomic E-state index is -4.20. The topological polar surface area (TPSA) is 96.0 Å². The molecule has 1 atom stereocenters. The molecule has 1 N–H and O–H groups in total. The lowest BCUT2D eigenvalue weighted by atomic mass is 9.95. The molecule has 0 aliphatic heterocycles. The molecule has 0 radical (unpaired) electrons. The van der Waals surface area contributed by atoms with Crippen LogP contribution < -0.4 is 14.4 Å². The van der Waals surface area contributed by atoms with Crippen LogP contribution in [0.25, 0.3) is 0 Å². The maximum Gasteiger partial charge on any atom is 0.264 e. The van der Waals surface area contributed by atoms with Gasteiger partial charge in [-0.2, -0.15) is 0 Å². The molecule has 1 aliphatic rings. The molecule has 44 heavy (non-hydrogen) atoms. The third kappa shape index (κ3) is 8.12. The molecule has 8 nitrogen and oxygen atoms in total. The number of aryl methyl sites for hydroxylation is 2. The molecule has 3 aromatic rings. The number of nitrogens with one attached hydrogen (secondary N) is 1. The summed E-state index contributed by atoms with van der Waals surface area (Å²) in [7, 11) is -2.74. The van der Waals surface area contributed by atoms with Gasteiger partial charge in [-0.3, -0.25) is 13.9 Å². The fourth-order valence-corrected chi connectivity index (χ4v) is 7.31. The van der Waals surface area contributed by atoms with Gasteiger partial charge in [0.2, 0.25) is 11.8 Å². The summed E-state index contributed by atoms with van der Waals surface area (Å²) < 4.78 is 34.5. The van der Waals surface area contributed by atoms with Crippen LogP contribution >= 0.6 is 11.6 Å². The molecule has 0 heterocycles. The average Bonchev–Trinajstić information content (AvgIpc) is 3.00. The predicted octanol–water partition coefficient (Wildman–Crippen LogP) is 6.42. The Labute approximate surface area is 266 Å². The second-order valence-electron chi connectivity index (χ2n) is 11.4. The number of methoxy groups -OCH3 is 1. The number of sulfonamides is 1. The molecular weight excluding hydrogens is 598 g/mol. The molecule has 1 aliphatic carbocycles. The first kappa shape index (κ1) is 33.3. The number of ether oxygens (including phenoxy) is 1. The Morgan fingerprint density at radius 2 is 1.68 bits per heavy atom. The summed E-state index contributed by atoms with van der Waals surface area (Å²) in [6.45, 7) is 5.32. The number of benzene rings is 3. The van der Waals surface area contributed by atoms with Gasteiger partial charge in [0.05, 0.1) is 22.7 Å². The first-order valence-corrected chi connectivity index (χ1v) is 16.9. The Morgan fingerprint density at radius 1 is 0.977 bits per heavy atom. The van der Waals surface area contributed by atoms with E-state index in [2.05, 4.69) is 5.32 Å². The van der Waals surface area contributed by atoms with Gasteiger partial charge in [0.15, 0.2) is 0 Å². The summed E-state index contributed by atoms with van der Waals surface area (Å²) in [4.78, 5) is 29.6. The number of hydrogen-bond acceptors (Lipinski definition) is 5. The number of anilines is 1. The first-order valence-electron chi connectivity index (χ1n) is 15.1. The van der Waals surface area contributed by atoms with Crippen molar-refractivity contribution in [3.63, 3.8) is 0 Å². The number of halogens is 1. The standard InChI is InChI=1S/C34H42ClN3O5S/c1-5-31(34(40)36-27-12-7-6-8-13-27)37(22-26-11-9-10-25(3)20-26)33(39)23-38(28-16-19-32(43-4)30(35)21-28)44(41,42)29-17-14-24(2)15-18-29/h9-11,14-21,27,31H,5-8,12-13,22-23H2,1-4H3,(H,36,40)/t31-/m0/s1. The third-order valence-electron chi connectivity index (χ3n) is 8.08. The lowest BCUT2D eigenvalue weighted by Gasteiger charge is -2.34. The van der Waals surface area contributed by atoms with Crippen molar-refractivity contribution < 1.29 is 22.7 Å². The highest BCUT2D eigenvalue weighted by atomic mass is 35.5. The molecule has 236 valence electrons. The highest BCUT2D eigenvalue weighted by Gasteiger charge is 2.34. The number of rotatable bonds is 12. The highest BCUT2D eigenvalue weighted by molar-refractivity contribution is 7.92. The number of carbonyl (C=O) groups excluding carboxylic acids is 2. The van der Waals surface area contributed by atoms with E-state index in [0.717, 1.165) is 53.1 Å². The fraction of sp³-hybridized carbons (Fsp3) is 0.412. The van der Waals surface area contributed by atoms with Crippen molar-refractivity contribution in [2.75, 3.05) is 18.0 Å². The predicted molar refractivity (Wildman–Crippen MR) is 175 cm³/mol. The first-order chi connectivity index (χ1) is 21.0. The number of hydrogen-bond donors (Lipinski definition) is 1. The van der Waals surface area contributed by atoms with E-state index in [4.69, 9.17) is 16.3 Å². The van der Waals surface area contributed by atoms with Crippen LogP contribution in [-0.4, -0.2) is 50.9 Å². The van der Waals surface area contributed by atoms with E-state index < -0.39 is 28.5 Å². The lowest BCUT2D eigenvalue weighted by Crippen LogP contribution is -2.54. The Hall–Kier alpha value is -3.56. The lowest BCUT2D eigenvalue weighted by molar-refractivity contribution is -0.140. The van der Waals surface area contributed by atoms with Gasteiger partial charge >= 0.3 is 0 Å². The zero-order valence-corrected chi connectivity index (χ0v) is 27.5. The van der Waals surface area contributed by atoms with Gasteiger partial charge in [0, 0.05) is 12.6 Å². The molecule has 1 saturated carbocycles. The fourth-order valence-electron chi connectivity index (χ4n) is 5.65. The Balaban J connectivity index is 1.73. The summed E-state index contributed by atoms with van der Waals surface area (Å²) in [5.74, 6) is -0.346. The zero-order valence-electron chi connectivity index (χ0n) is 25.9. The van der Waals surface area contributed by atoms with E-state index in [9.17, 15) is 18.0 Å². The van der Waals surface area contributed by atoms with Crippen LogP contribution in [0, 0.1) is 13.8 Å². The molecule has 1 fully saturated rings. The van der Waals surface area contributed by atoms with E-state index in [0.29, 0.717) is 12.2 Å². The monoisotopic (exact) mass is 639 g/mol. The maximum atomic E-state index is 14.3. The van der Waals surface area contributed by atoms with Crippen molar-refractivity contribution in [2.24, 2.45) is 0 Å². The molecule has 0 unspecified atom stereocenters. The summed E-state index contributed by atoms with van der Waals surface area (Å²) >= 11 is 6.42. The molecule has 2 amide bonds. The van der Waals surface area contributed by atoms with Crippen molar-refractivity contribution in [3.8, 4) is 5.75 Å². The molecule has 0 saturated heterocycles. The van der Waals surface area contributed by atoms with Crippen molar-refractivity contribution in [1.29, 1.82) is 0 Å². The largest absolute Gasteiger partial charge is 0.495 e. The van der Waals surface area contributed by atoms with Crippen LogP contribution in [0.4, 0.5) is 5.69 Å². The Morgan fingerprint density at radius 3 is 2.30 bits per heavy atom. The SMILES string of the molecule is CC[C@@H](C(=O)NC1CCCCC1)N(Cc1cccc(C)c1)C(=O)CN(c1ccc(OC)c(Cl)c1)S(=O)(=O)c1ccc(C)cc1. The van der Waals surface area contributed by atoms with Crippen LogP contribution in [0.5, 0.6) is 5.75 Å². The summed E-state index contributed by atoms with van der Waals surface area (Å²) in [6, 6.07) is 18.1. The number of amides is 2. The zero-order chi connectivity index (χ0) is 31.9. The normalized spacial score (nSPS) is 14.5. The van der Waals surface area contributed by atoms with E-state index in [1.807, 2.05) is 45.0 Å². The van der Waals surface area contributed by atoms with Gasteiger partial charge in [0.1, 0.15) is 18.3 Å². The van der Waals surface area contributed by atoms with Crippen LogP contribution in [0.15, 0.2) is 71.6 Å². The highest BCUT2D eigenvalue weighted by Crippen LogP contribution is 2.32. The summed E-state index contributed by atoms with van der Waals surface area (Å²) in [5.41, 5.74) is 2.98. The van der Waals surface area contributed by atoms with Crippen molar-refractivity contribution in [3.05, 3.63) is 88.4 Å². The van der Waals surface area contributed by atoms with Gasteiger partial charge in [-0.1, -0.05) is 85.3 Å². The van der Waals surface area contributed by atoms with Gasteiger partial charge in [0.25, 0.3) is 10.0 Å². The third-order valence-corrected chi connectivity index (χ3v) is 10.2. The summed E-state index contributed by atoms with van der Waals surface area (Å²) in [5, 5.41) is 3.38. The van der Waals surface area contributed by atoms with Crippen molar-refractivity contribution >= 4 is 39.1 Å². The molecule has 4 rings (SSSR count). The molecule has 3 aromatic carbocycles. The minimum Gasteiger partial charge on any atom is -0.495 e. The van der Waals surface area contributed by atoms with E-state index in [1.165, 1.54) is 30.2 Å². The van der Waals surface area contributed by atoms with Gasteiger partial charge in [-0.15, -0.1) is 0 Å². The second kappa shape index (κ2) is 14.9. The maximum absolute atomic E-state index is 14.3. The second-order valence-corrected chi connectivity index (χ2v) is 13.7. The van der Waals surface area contributed by atoms with Crippen LogP contribution in [-0.2, 0) is 26.2 Å². The smallest absolute Gasteiger partial charge is 0.264 e. The van der Waals surface area contributed by atoms with Crippen LogP contribution in [0.1, 0.15) is 62.1 Å². The van der Waals surface area contributed by atoms with E-state index in [1.54, 1.807) is 24.3 Å². The molecular formula is C34H42ClN3O5S. The minimum absolute atomic E-state index is 0.0372. The van der Waals surface area contributed by atoms with Crippen LogP contribution in [0.2, 0.25) is 5.02 Å². The molecule has 0 bridgehead atoms. The quantitative estimate of drug-likeness (QED) is 0.247. The molecule has 10 heteroatoms.